The number of likely N-dealkylation sites (N-methyl/N-ethyl adjacent to an activating group) is 1. The van der Waals surface area contributed by atoms with Gasteiger partial charge in [0, 0.05) is 23.7 Å². The Labute approximate surface area is 144 Å². The van der Waals surface area contributed by atoms with Crippen molar-refractivity contribution in [1.82, 2.24) is 10.2 Å². The molecule has 0 aliphatic carbocycles. The standard InChI is InChI=1S/C18H19FN2O4/c1-21-15(18(23)24)8-13(16(21)12-4-2-3-5-14(12)19)17(22)20-9-11-6-7-25-10-11/h2-7,10,13,15-16H,8-9H2,1H3,(H,20,22)(H,23,24)/t13-,15-,16-/m0/s1. The molecule has 3 rings (SSSR count). The van der Waals surface area contributed by atoms with E-state index in [9.17, 15) is 19.1 Å². The monoisotopic (exact) mass is 346 g/mol. The van der Waals surface area contributed by atoms with E-state index in [4.69, 9.17) is 4.42 Å². The molecule has 0 bridgehead atoms. The summed E-state index contributed by atoms with van der Waals surface area (Å²) in [6.07, 6.45) is 3.16. The van der Waals surface area contributed by atoms with Crippen molar-refractivity contribution in [3.05, 3.63) is 59.8 Å². The Hall–Kier alpha value is -2.67. The maximum atomic E-state index is 14.3. The minimum absolute atomic E-state index is 0.127. The van der Waals surface area contributed by atoms with Crippen molar-refractivity contribution in [2.24, 2.45) is 5.92 Å². The largest absolute Gasteiger partial charge is 0.480 e. The van der Waals surface area contributed by atoms with Crippen LogP contribution in [0.3, 0.4) is 0 Å². The van der Waals surface area contributed by atoms with Gasteiger partial charge in [0.1, 0.15) is 11.9 Å². The highest BCUT2D eigenvalue weighted by molar-refractivity contribution is 5.83. The van der Waals surface area contributed by atoms with Gasteiger partial charge in [-0.3, -0.25) is 14.5 Å². The first-order valence-electron chi connectivity index (χ1n) is 7.97. The molecule has 0 radical (unpaired) electrons. The number of carboxylic acids is 1. The van der Waals surface area contributed by atoms with Gasteiger partial charge in [-0.25, -0.2) is 4.39 Å². The zero-order chi connectivity index (χ0) is 18.0. The second kappa shape index (κ2) is 7.06. The van der Waals surface area contributed by atoms with Crippen LogP contribution in [-0.2, 0) is 16.1 Å². The van der Waals surface area contributed by atoms with E-state index in [1.807, 2.05) is 0 Å². The summed E-state index contributed by atoms with van der Waals surface area (Å²) >= 11 is 0. The van der Waals surface area contributed by atoms with Gasteiger partial charge >= 0.3 is 5.97 Å². The molecule has 2 N–H and O–H groups in total. The topological polar surface area (TPSA) is 82.8 Å². The SMILES string of the molecule is CN1[C@H](C(=O)O)C[C@H](C(=O)NCc2ccoc2)[C@@H]1c1ccccc1F. The molecule has 1 saturated heterocycles. The van der Waals surface area contributed by atoms with Crippen molar-refractivity contribution in [2.75, 3.05) is 7.05 Å². The molecule has 25 heavy (non-hydrogen) atoms. The van der Waals surface area contributed by atoms with E-state index in [-0.39, 0.29) is 18.9 Å². The van der Waals surface area contributed by atoms with E-state index in [0.717, 1.165) is 5.56 Å². The highest BCUT2D eigenvalue weighted by Gasteiger charge is 2.47. The number of halogens is 1. The van der Waals surface area contributed by atoms with Gasteiger partial charge in [-0.05, 0) is 25.6 Å². The Kier molecular flexibility index (Phi) is 4.85. The number of nitrogens with zero attached hydrogens (tertiary/aromatic N) is 1. The van der Waals surface area contributed by atoms with Crippen molar-refractivity contribution in [3.8, 4) is 0 Å². The number of carbonyl (C=O) groups is 2. The fourth-order valence-corrected chi connectivity index (χ4v) is 3.40. The fraction of sp³-hybridized carbons (Fsp3) is 0.333. The fourth-order valence-electron chi connectivity index (χ4n) is 3.40. The van der Waals surface area contributed by atoms with Gasteiger partial charge in [0.15, 0.2) is 0 Å². The molecule has 0 unspecified atom stereocenters. The van der Waals surface area contributed by atoms with E-state index in [2.05, 4.69) is 5.32 Å². The van der Waals surface area contributed by atoms with E-state index >= 15 is 0 Å². The Balaban J connectivity index is 1.84. The van der Waals surface area contributed by atoms with Gasteiger partial charge in [-0.1, -0.05) is 18.2 Å². The zero-order valence-corrected chi connectivity index (χ0v) is 13.7. The normalized spacial score (nSPS) is 23.5. The van der Waals surface area contributed by atoms with Crippen molar-refractivity contribution < 1.29 is 23.5 Å². The summed E-state index contributed by atoms with van der Waals surface area (Å²) in [7, 11) is 1.61. The molecule has 0 saturated carbocycles. The highest BCUT2D eigenvalue weighted by Crippen LogP contribution is 2.41. The maximum Gasteiger partial charge on any atom is 0.320 e. The maximum absolute atomic E-state index is 14.3. The number of furan rings is 1. The van der Waals surface area contributed by atoms with Crippen LogP contribution in [0.1, 0.15) is 23.6 Å². The van der Waals surface area contributed by atoms with Crippen LogP contribution in [0.15, 0.2) is 47.3 Å². The predicted molar refractivity (Wildman–Crippen MR) is 87.0 cm³/mol. The smallest absolute Gasteiger partial charge is 0.320 e. The lowest BCUT2D eigenvalue weighted by Crippen LogP contribution is -2.36. The summed E-state index contributed by atoms with van der Waals surface area (Å²) in [5.41, 5.74) is 1.13. The van der Waals surface area contributed by atoms with Gasteiger partial charge in [0.05, 0.1) is 18.4 Å². The Morgan fingerprint density at radius 2 is 2.12 bits per heavy atom. The molecule has 0 spiro atoms. The van der Waals surface area contributed by atoms with Crippen LogP contribution >= 0.6 is 0 Å². The van der Waals surface area contributed by atoms with Crippen molar-refractivity contribution >= 4 is 11.9 Å². The van der Waals surface area contributed by atoms with Crippen LogP contribution < -0.4 is 5.32 Å². The van der Waals surface area contributed by atoms with E-state index in [1.165, 1.54) is 18.6 Å². The Morgan fingerprint density at radius 1 is 1.36 bits per heavy atom. The third kappa shape index (κ3) is 3.41. The molecule has 1 amide bonds. The number of carbonyl (C=O) groups excluding carboxylic acids is 1. The zero-order valence-electron chi connectivity index (χ0n) is 13.7. The van der Waals surface area contributed by atoms with Crippen LogP contribution in [0, 0.1) is 11.7 Å². The number of rotatable bonds is 5. The first-order valence-corrected chi connectivity index (χ1v) is 7.97. The number of likely N-dealkylation sites (tertiary alicyclic amines) is 1. The summed E-state index contributed by atoms with van der Waals surface area (Å²) in [5.74, 6) is -2.42. The van der Waals surface area contributed by atoms with Crippen molar-refractivity contribution in [1.29, 1.82) is 0 Å². The number of amides is 1. The van der Waals surface area contributed by atoms with Crippen LogP contribution in [-0.4, -0.2) is 35.0 Å². The lowest BCUT2D eigenvalue weighted by atomic mass is 9.92. The van der Waals surface area contributed by atoms with Crippen LogP contribution in [0.5, 0.6) is 0 Å². The number of nitrogens with one attached hydrogen (secondary N) is 1. The molecule has 132 valence electrons. The first kappa shape index (κ1) is 17.2. The Bertz CT molecular complexity index is 762. The van der Waals surface area contributed by atoms with Gasteiger partial charge in [0.25, 0.3) is 0 Å². The third-order valence-electron chi connectivity index (χ3n) is 4.68. The third-order valence-corrected chi connectivity index (χ3v) is 4.68. The highest BCUT2D eigenvalue weighted by atomic mass is 19.1. The average molecular weight is 346 g/mol. The molecule has 2 heterocycles. The second-order valence-corrected chi connectivity index (χ2v) is 6.18. The second-order valence-electron chi connectivity index (χ2n) is 6.18. The van der Waals surface area contributed by atoms with Gasteiger partial charge in [-0.15, -0.1) is 0 Å². The average Bonchev–Trinajstić information content (AvgIpc) is 3.21. The quantitative estimate of drug-likeness (QED) is 0.867. The predicted octanol–water partition coefficient (Wildman–Crippen LogP) is 2.18. The molecule has 1 aliphatic heterocycles. The molecule has 2 aromatic rings. The minimum Gasteiger partial charge on any atom is -0.480 e. The molecule has 7 heteroatoms. The van der Waals surface area contributed by atoms with E-state index in [1.54, 1.807) is 36.2 Å². The van der Waals surface area contributed by atoms with E-state index < -0.39 is 29.8 Å². The van der Waals surface area contributed by atoms with Gasteiger partial charge < -0.3 is 14.8 Å². The number of hydrogen-bond donors (Lipinski definition) is 2. The molecule has 6 nitrogen and oxygen atoms in total. The summed E-state index contributed by atoms with van der Waals surface area (Å²) in [5, 5.41) is 12.2. The number of aliphatic carboxylic acids is 1. The summed E-state index contributed by atoms with van der Waals surface area (Å²) in [6, 6.07) is 6.42. The lowest BCUT2D eigenvalue weighted by molar-refractivity contribution is -0.142. The minimum atomic E-state index is -1.02. The van der Waals surface area contributed by atoms with Crippen LogP contribution in [0.25, 0.3) is 0 Å². The molecule has 1 aromatic carbocycles. The van der Waals surface area contributed by atoms with Crippen molar-refractivity contribution in [3.63, 3.8) is 0 Å². The molecule has 1 aromatic heterocycles. The lowest BCUT2D eigenvalue weighted by Gasteiger charge is -2.26. The van der Waals surface area contributed by atoms with Gasteiger partial charge in [0.2, 0.25) is 5.91 Å². The molecular weight excluding hydrogens is 327 g/mol. The molecular formula is C18H19FN2O4. The number of carboxylic acid groups (broad SMARTS) is 1. The van der Waals surface area contributed by atoms with Gasteiger partial charge in [-0.2, -0.15) is 0 Å². The number of benzene rings is 1. The summed E-state index contributed by atoms with van der Waals surface area (Å²) in [6.45, 7) is 0.275. The first-order chi connectivity index (χ1) is 12.0. The summed E-state index contributed by atoms with van der Waals surface area (Å²) in [4.78, 5) is 25.7. The van der Waals surface area contributed by atoms with Crippen LogP contribution in [0.4, 0.5) is 4.39 Å². The number of hydrogen-bond acceptors (Lipinski definition) is 4. The molecule has 1 fully saturated rings. The van der Waals surface area contributed by atoms with E-state index in [0.29, 0.717) is 5.56 Å². The molecule has 3 atom stereocenters. The molecule has 1 aliphatic rings. The van der Waals surface area contributed by atoms with Crippen molar-refractivity contribution in [2.45, 2.75) is 25.0 Å². The van der Waals surface area contributed by atoms with Crippen LogP contribution in [0.2, 0.25) is 0 Å². The summed E-state index contributed by atoms with van der Waals surface area (Å²) < 4.78 is 19.2. The Morgan fingerprint density at radius 3 is 2.76 bits per heavy atom.